The smallest absolute Gasteiger partial charge is 0.274 e. The van der Waals surface area contributed by atoms with Gasteiger partial charge in [0.15, 0.2) is 0 Å². The normalized spacial score (nSPS) is 10.4. The standard InChI is InChI=1S/C20H19ClN4O/c1-13-7-9-15(10-8-13)12-22-19-11-18(23-14(2)24-19)20(26)25-17-6-4-3-5-16(17)21/h3-11H,12H2,1-2H3,(H,25,26)(H,22,23,24). The Labute approximate surface area is 157 Å². The van der Waals surface area contributed by atoms with Crippen molar-refractivity contribution in [2.75, 3.05) is 10.6 Å². The van der Waals surface area contributed by atoms with Gasteiger partial charge in [0, 0.05) is 12.6 Å². The minimum atomic E-state index is -0.331. The molecule has 3 rings (SSSR count). The molecule has 0 unspecified atom stereocenters. The lowest BCUT2D eigenvalue weighted by Crippen LogP contribution is -2.16. The number of aryl methyl sites for hydroxylation is 2. The fraction of sp³-hybridized carbons (Fsp3) is 0.150. The maximum absolute atomic E-state index is 12.5. The third-order valence-electron chi connectivity index (χ3n) is 3.79. The van der Waals surface area contributed by atoms with Gasteiger partial charge in [-0.05, 0) is 31.5 Å². The molecule has 1 heterocycles. The minimum Gasteiger partial charge on any atom is -0.366 e. The molecule has 2 N–H and O–H groups in total. The van der Waals surface area contributed by atoms with E-state index >= 15 is 0 Å². The molecule has 5 nitrogen and oxygen atoms in total. The molecule has 132 valence electrons. The predicted molar refractivity (Wildman–Crippen MR) is 105 cm³/mol. The fourth-order valence-electron chi connectivity index (χ4n) is 2.42. The lowest BCUT2D eigenvalue weighted by Gasteiger charge is -2.10. The van der Waals surface area contributed by atoms with Crippen molar-refractivity contribution in [2.24, 2.45) is 0 Å². The summed E-state index contributed by atoms with van der Waals surface area (Å²) in [7, 11) is 0. The maximum atomic E-state index is 12.5. The molecule has 1 aromatic heterocycles. The van der Waals surface area contributed by atoms with E-state index < -0.39 is 0 Å². The zero-order valence-corrected chi connectivity index (χ0v) is 15.3. The molecule has 26 heavy (non-hydrogen) atoms. The number of aromatic nitrogens is 2. The molecule has 0 saturated carbocycles. The number of amides is 1. The van der Waals surface area contributed by atoms with Gasteiger partial charge in [0.1, 0.15) is 17.3 Å². The molecule has 0 radical (unpaired) electrons. The maximum Gasteiger partial charge on any atom is 0.274 e. The highest BCUT2D eigenvalue weighted by Gasteiger charge is 2.12. The van der Waals surface area contributed by atoms with Gasteiger partial charge >= 0.3 is 0 Å². The van der Waals surface area contributed by atoms with Gasteiger partial charge in [-0.1, -0.05) is 53.6 Å². The van der Waals surface area contributed by atoms with Crippen LogP contribution in [0, 0.1) is 13.8 Å². The Kier molecular flexibility index (Phi) is 5.49. The number of carbonyl (C=O) groups excluding carboxylic acids is 1. The van der Waals surface area contributed by atoms with Crippen molar-refractivity contribution in [2.45, 2.75) is 20.4 Å². The van der Waals surface area contributed by atoms with Gasteiger partial charge in [-0.2, -0.15) is 0 Å². The molecule has 2 aromatic carbocycles. The monoisotopic (exact) mass is 366 g/mol. The van der Waals surface area contributed by atoms with Crippen molar-refractivity contribution in [3.05, 3.63) is 82.3 Å². The molecule has 0 aliphatic rings. The third-order valence-corrected chi connectivity index (χ3v) is 4.12. The van der Waals surface area contributed by atoms with Crippen molar-refractivity contribution in [3.63, 3.8) is 0 Å². The third kappa shape index (κ3) is 4.58. The highest BCUT2D eigenvalue weighted by atomic mass is 35.5. The summed E-state index contributed by atoms with van der Waals surface area (Å²) in [5.74, 6) is 0.785. The van der Waals surface area contributed by atoms with E-state index in [9.17, 15) is 4.79 Å². The van der Waals surface area contributed by atoms with Crippen LogP contribution in [0.3, 0.4) is 0 Å². The summed E-state index contributed by atoms with van der Waals surface area (Å²) in [5, 5.41) is 6.48. The quantitative estimate of drug-likeness (QED) is 0.691. The zero-order chi connectivity index (χ0) is 18.5. The van der Waals surface area contributed by atoms with E-state index in [4.69, 9.17) is 11.6 Å². The van der Waals surface area contributed by atoms with Crippen molar-refractivity contribution in [1.82, 2.24) is 9.97 Å². The second-order valence-electron chi connectivity index (χ2n) is 5.96. The summed E-state index contributed by atoms with van der Waals surface area (Å²) in [6.45, 7) is 4.42. The van der Waals surface area contributed by atoms with Crippen LogP contribution in [-0.4, -0.2) is 15.9 Å². The van der Waals surface area contributed by atoms with Crippen molar-refractivity contribution in [3.8, 4) is 0 Å². The lowest BCUT2D eigenvalue weighted by atomic mass is 10.1. The van der Waals surface area contributed by atoms with Crippen molar-refractivity contribution in [1.29, 1.82) is 0 Å². The molecule has 0 aliphatic heterocycles. The van der Waals surface area contributed by atoms with E-state index in [1.807, 2.05) is 0 Å². The number of anilines is 2. The number of rotatable bonds is 5. The number of nitrogens with zero attached hydrogens (tertiary/aromatic N) is 2. The summed E-state index contributed by atoms with van der Waals surface area (Å²) in [4.78, 5) is 21.1. The van der Waals surface area contributed by atoms with Crippen LogP contribution >= 0.6 is 11.6 Å². The Bertz CT molecular complexity index is 925. The molecule has 3 aromatic rings. The largest absolute Gasteiger partial charge is 0.366 e. The molecule has 0 fully saturated rings. The van der Waals surface area contributed by atoms with Crippen LogP contribution in [0.2, 0.25) is 5.02 Å². The van der Waals surface area contributed by atoms with Gasteiger partial charge in [0.05, 0.1) is 10.7 Å². The molecule has 0 atom stereocenters. The average Bonchev–Trinajstić information content (AvgIpc) is 2.63. The van der Waals surface area contributed by atoms with E-state index in [-0.39, 0.29) is 11.6 Å². The number of nitrogens with one attached hydrogen (secondary N) is 2. The van der Waals surface area contributed by atoms with Gasteiger partial charge in [-0.25, -0.2) is 9.97 Å². The van der Waals surface area contributed by atoms with Crippen LogP contribution in [-0.2, 0) is 6.54 Å². The van der Waals surface area contributed by atoms with Crippen LogP contribution in [0.25, 0.3) is 0 Å². The number of halogens is 1. The summed E-state index contributed by atoms with van der Waals surface area (Å²) in [6.07, 6.45) is 0. The number of carbonyl (C=O) groups is 1. The van der Waals surface area contributed by atoms with Gasteiger partial charge in [0.25, 0.3) is 5.91 Å². The molecule has 0 aliphatic carbocycles. The van der Waals surface area contributed by atoms with Gasteiger partial charge in [-0.15, -0.1) is 0 Å². The number of para-hydroxylation sites is 1. The second kappa shape index (κ2) is 7.97. The Balaban J connectivity index is 1.73. The molecule has 0 spiro atoms. The van der Waals surface area contributed by atoms with Crippen LogP contribution in [0.4, 0.5) is 11.5 Å². The SMILES string of the molecule is Cc1ccc(CNc2cc(C(=O)Nc3ccccc3Cl)nc(C)n2)cc1. The van der Waals surface area contributed by atoms with Gasteiger partial charge < -0.3 is 10.6 Å². The number of hydrogen-bond donors (Lipinski definition) is 2. The Morgan fingerprint density at radius 2 is 1.77 bits per heavy atom. The summed E-state index contributed by atoms with van der Waals surface area (Å²) < 4.78 is 0. The summed E-state index contributed by atoms with van der Waals surface area (Å²) in [6, 6.07) is 16.9. The van der Waals surface area contributed by atoms with Crippen molar-refractivity contribution < 1.29 is 4.79 Å². The van der Waals surface area contributed by atoms with E-state index in [0.29, 0.717) is 28.9 Å². The van der Waals surface area contributed by atoms with Crippen molar-refractivity contribution >= 4 is 29.0 Å². The molecule has 0 bridgehead atoms. The van der Waals surface area contributed by atoms with E-state index in [1.54, 1.807) is 37.3 Å². The molecule has 6 heteroatoms. The van der Waals surface area contributed by atoms with Gasteiger partial charge in [0.2, 0.25) is 0 Å². The first kappa shape index (κ1) is 17.9. The van der Waals surface area contributed by atoms with Crippen LogP contribution in [0.5, 0.6) is 0 Å². The summed E-state index contributed by atoms with van der Waals surface area (Å²) >= 11 is 6.09. The predicted octanol–water partition coefficient (Wildman–Crippen LogP) is 4.61. The van der Waals surface area contributed by atoms with E-state index in [2.05, 4.69) is 51.8 Å². The molecular formula is C20H19ClN4O. The Hall–Kier alpha value is -2.92. The van der Waals surface area contributed by atoms with Gasteiger partial charge in [-0.3, -0.25) is 4.79 Å². The first-order valence-corrected chi connectivity index (χ1v) is 8.60. The van der Waals surface area contributed by atoms with Crippen LogP contribution in [0.15, 0.2) is 54.6 Å². The molecule has 1 amide bonds. The average molecular weight is 367 g/mol. The first-order chi connectivity index (χ1) is 12.5. The molecular weight excluding hydrogens is 348 g/mol. The second-order valence-corrected chi connectivity index (χ2v) is 6.37. The van der Waals surface area contributed by atoms with Crippen LogP contribution < -0.4 is 10.6 Å². The topological polar surface area (TPSA) is 66.9 Å². The van der Waals surface area contributed by atoms with E-state index in [0.717, 1.165) is 5.56 Å². The van der Waals surface area contributed by atoms with Crippen LogP contribution in [0.1, 0.15) is 27.4 Å². The molecule has 0 saturated heterocycles. The Morgan fingerprint density at radius 1 is 1.04 bits per heavy atom. The van der Waals surface area contributed by atoms with E-state index in [1.165, 1.54) is 5.56 Å². The highest BCUT2D eigenvalue weighted by molar-refractivity contribution is 6.33. The Morgan fingerprint density at radius 3 is 2.50 bits per heavy atom. The zero-order valence-electron chi connectivity index (χ0n) is 14.6. The lowest BCUT2D eigenvalue weighted by molar-refractivity contribution is 0.102. The number of hydrogen-bond acceptors (Lipinski definition) is 4. The highest BCUT2D eigenvalue weighted by Crippen LogP contribution is 2.21. The minimum absolute atomic E-state index is 0.281. The fourth-order valence-corrected chi connectivity index (χ4v) is 2.61. The summed E-state index contributed by atoms with van der Waals surface area (Å²) in [5.41, 5.74) is 3.17. The number of benzene rings is 2. The first-order valence-electron chi connectivity index (χ1n) is 8.22.